The van der Waals surface area contributed by atoms with Crippen molar-refractivity contribution >= 4 is 51.7 Å². The van der Waals surface area contributed by atoms with E-state index in [1.807, 2.05) is 18.2 Å². The van der Waals surface area contributed by atoms with Gasteiger partial charge in [0.05, 0.1) is 34.0 Å². The molecule has 2 aromatic carbocycles. The van der Waals surface area contributed by atoms with Gasteiger partial charge in [-0.25, -0.2) is 9.59 Å². The smallest absolute Gasteiger partial charge is 0.328 e. The van der Waals surface area contributed by atoms with E-state index in [0.29, 0.717) is 46.6 Å². The van der Waals surface area contributed by atoms with Gasteiger partial charge >= 0.3 is 11.9 Å². The number of hydrogen-bond acceptors (Lipinski definition) is 7. The van der Waals surface area contributed by atoms with Gasteiger partial charge in [-0.1, -0.05) is 47.5 Å². The maximum atomic E-state index is 10.3. The second-order valence-corrected chi connectivity index (χ2v) is 9.36. The molecule has 39 heavy (non-hydrogen) atoms. The van der Waals surface area contributed by atoms with Crippen LogP contribution in [-0.4, -0.2) is 58.5 Å². The lowest BCUT2D eigenvalue weighted by atomic mass is 10.1. The first-order valence-corrected chi connectivity index (χ1v) is 13.1. The zero-order chi connectivity index (χ0) is 28.6. The number of nitrogen functional groups attached to an aromatic ring is 1. The third-order valence-corrected chi connectivity index (χ3v) is 6.12. The van der Waals surface area contributed by atoms with E-state index in [0.717, 1.165) is 55.4 Å². The molecule has 0 bridgehead atoms. The van der Waals surface area contributed by atoms with Crippen LogP contribution in [0.1, 0.15) is 36.6 Å². The van der Waals surface area contributed by atoms with Crippen molar-refractivity contribution < 1.29 is 29.6 Å². The second-order valence-electron chi connectivity index (χ2n) is 8.55. The maximum Gasteiger partial charge on any atom is 0.328 e. The van der Waals surface area contributed by atoms with Crippen molar-refractivity contribution in [1.29, 1.82) is 0 Å². The van der Waals surface area contributed by atoms with Crippen molar-refractivity contribution in [3.8, 4) is 0 Å². The minimum atomic E-state index is -1.26. The van der Waals surface area contributed by atoms with Gasteiger partial charge < -0.3 is 31.1 Å². The zero-order valence-electron chi connectivity index (χ0n) is 21.4. The minimum absolute atomic E-state index is 0.336. The first-order valence-electron chi connectivity index (χ1n) is 12.4. The second kappa shape index (κ2) is 17.4. The largest absolute Gasteiger partial charge is 0.478 e. The van der Waals surface area contributed by atoms with Crippen LogP contribution in [0.4, 0.5) is 5.69 Å². The SMILES string of the molecule is Nc1c(Cl)cc(C(O)CNCCCCCOCCc2ccc3ccccc3n2)cc1Cl.O=C(O)/C=C/C(=O)O. The number of halogens is 2. The van der Waals surface area contributed by atoms with Crippen LogP contribution in [-0.2, 0) is 20.7 Å². The van der Waals surface area contributed by atoms with Gasteiger partial charge in [-0.05, 0) is 55.6 Å². The number of fused-ring (bicyclic) bond motifs is 1. The van der Waals surface area contributed by atoms with Crippen LogP contribution in [0.25, 0.3) is 10.9 Å². The molecule has 0 aliphatic rings. The summed E-state index contributed by atoms with van der Waals surface area (Å²) in [5.74, 6) is -2.51. The number of hydrogen-bond donors (Lipinski definition) is 5. The fraction of sp³-hybridized carbons (Fsp3) is 0.321. The number of unbranched alkanes of at least 4 members (excludes halogenated alkanes) is 2. The van der Waals surface area contributed by atoms with Crippen molar-refractivity contribution in [2.45, 2.75) is 31.8 Å². The average molecular weight is 578 g/mol. The van der Waals surface area contributed by atoms with Crippen molar-refractivity contribution in [3.63, 3.8) is 0 Å². The quantitative estimate of drug-likeness (QED) is 0.102. The number of anilines is 1. The summed E-state index contributed by atoms with van der Waals surface area (Å²) in [6, 6.07) is 15.6. The number of rotatable bonds is 14. The topological polar surface area (TPSA) is 155 Å². The number of aromatic nitrogens is 1. The van der Waals surface area contributed by atoms with E-state index in [-0.39, 0.29) is 0 Å². The number of aliphatic hydroxyl groups excluding tert-OH is 1. The number of nitrogens with two attached hydrogens (primary N) is 1. The molecule has 0 aliphatic heterocycles. The molecule has 0 saturated heterocycles. The molecule has 0 aliphatic carbocycles. The predicted octanol–water partition coefficient (Wildman–Crippen LogP) is 4.89. The molecule has 0 amide bonds. The van der Waals surface area contributed by atoms with Gasteiger partial charge in [-0.15, -0.1) is 0 Å². The monoisotopic (exact) mass is 577 g/mol. The molecule has 1 heterocycles. The van der Waals surface area contributed by atoms with Crippen molar-refractivity contribution in [2.75, 3.05) is 32.0 Å². The molecular formula is C28H33Cl2N3O6. The Morgan fingerprint density at radius 3 is 2.31 bits per heavy atom. The first kappa shape index (κ1) is 32.0. The number of carbonyl (C=O) groups is 2. The minimum Gasteiger partial charge on any atom is -0.478 e. The summed E-state index contributed by atoms with van der Waals surface area (Å²) in [7, 11) is 0. The Hall–Kier alpha value is -3.21. The summed E-state index contributed by atoms with van der Waals surface area (Å²) in [6.45, 7) is 2.70. The van der Waals surface area contributed by atoms with Gasteiger partial charge in [0.15, 0.2) is 0 Å². The number of para-hydroxylation sites is 1. The molecule has 210 valence electrons. The fourth-order valence-corrected chi connectivity index (χ4v) is 3.96. The van der Waals surface area contributed by atoms with E-state index >= 15 is 0 Å². The lowest BCUT2D eigenvalue weighted by Gasteiger charge is -2.14. The first-order chi connectivity index (χ1) is 18.7. The number of carboxylic acids is 2. The van der Waals surface area contributed by atoms with Crippen LogP contribution in [0.3, 0.4) is 0 Å². The Labute approximate surface area is 237 Å². The third-order valence-electron chi connectivity index (χ3n) is 5.49. The van der Waals surface area contributed by atoms with E-state index in [2.05, 4.69) is 28.5 Å². The van der Waals surface area contributed by atoms with E-state index in [9.17, 15) is 14.7 Å². The molecular weight excluding hydrogens is 545 g/mol. The maximum absolute atomic E-state index is 10.3. The van der Waals surface area contributed by atoms with Crippen LogP contribution in [0.15, 0.2) is 60.7 Å². The van der Waals surface area contributed by atoms with Gasteiger partial charge in [-0.2, -0.15) is 0 Å². The highest BCUT2D eigenvalue weighted by Crippen LogP contribution is 2.31. The molecule has 1 aromatic heterocycles. The number of aliphatic hydroxyl groups is 1. The summed E-state index contributed by atoms with van der Waals surface area (Å²) in [6.07, 6.45) is 4.36. The summed E-state index contributed by atoms with van der Waals surface area (Å²) in [5, 5.41) is 31.0. The Morgan fingerprint density at radius 1 is 0.974 bits per heavy atom. The number of nitrogens with one attached hydrogen (secondary N) is 1. The molecule has 3 aromatic rings. The summed E-state index contributed by atoms with van der Waals surface area (Å²) in [5.41, 5.74) is 8.81. The van der Waals surface area contributed by atoms with Crippen molar-refractivity contribution in [3.05, 3.63) is 82.0 Å². The van der Waals surface area contributed by atoms with Gasteiger partial charge in [0.2, 0.25) is 0 Å². The lowest BCUT2D eigenvalue weighted by Crippen LogP contribution is -2.22. The summed E-state index contributed by atoms with van der Waals surface area (Å²) in [4.78, 5) is 23.8. The highest BCUT2D eigenvalue weighted by molar-refractivity contribution is 6.38. The number of benzene rings is 2. The number of carboxylic acid groups (broad SMARTS) is 2. The van der Waals surface area contributed by atoms with Gasteiger partial charge in [0.1, 0.15) is 0 Å². The molecule has 0 radical (unpaired) electrons. The molecule has 0 saturated carbocycles. The van der Waals surface area contributed by atoms with Crippen LogP contribution in [0.5, 0.6) is 0 Å². The average Bonchev–Trinajstić information content (AvgIpc) is 2.91. The van der Waals surface area contributed by atoms with E-state index < -0.39 is 18.0 Å². The Balaban J connectivity index is 0.000000580. The molecule has 3 rings (SSSR count). The molecule has 11 heteroatoms. The van der Waals surface area contributed by atoms with E-state index in [4.69, 9.17) is 43.9 Å². The number of ether oxygens (including phenoxy) is 1. The highest BCUT2D eigenvalue weighted by atomic mass is 35.5. The van der Waals surface area contributed by atoms with E-state index in [1.165, 1.54) is 0 Å². The molecule has 1 unspecified atom stereocenters. The molecule has 0 fully saturated rings. The predicted molar refractivity (Wildman–Crippen MR) is 153 cm³/mol. The Bertz CT molecular complexity index is 1220. The summed E-state index contributed by atoms with van der Waals surface area (Å²) >= 11 is 12.0. The highest BCUT2D eigenvalue weighted by Gasteiger charge is 2.12. The fourth-order valence-electron chi connectivity index (χ4n) is 3.45. The van der Waals surface area contributed by atoms with Crippen LogP contribution >= 0.6 is 23.2 Å². The zero-order valence-corrected chi connectivity index (χ0v) is 22.9. The standard InChI is InChI=1S/C24H29Cl2N3O2.C4H4O4/c25-20-14-18(15-21(26)24(20)27)23(30)16-28-11-4-1-5-12-31-13-10-19-9-8-17-6-2-3-7-22(17)29-19;5-3(6)1-2-4(7)8/h2-3,6-9,14-15,23,28,30H,1,4-5,10-13,16,27H2;1-2H,(H,5,6)(H,7,8)/b;2-1+. The third kappa shape index (κ3) is 12.5. The van der Waals surface area contributed by atoms with Crippen LogP contribution in [0, 0.1) is 0 Å². The number of pyridine rings is 1. The normalized spacial score (nSPS) is 11.8. The number of aliphatic carboxylic acids is 2. The summed E-state index contributed by atoms with van der Waals surface area (Å²) < 4.78 is 5.75. The van der Waals surface area contributed by atoms with Crippen molar-refractivity contribution in [2.24, 2.45) is 0 Å². The van der Waals surface area contributed by atoms with Gasteiger partial charge in [0.25, 0.3) is 0 Å². The number of nitrogens with zero attached hydrogens (tertiary/aromatic N) is 1. The Morgan fingerprint density at radius 2 is 1.64 bits per heavy atom. The van der Waals surface area contributed by atoms with Gasteiger partial charge in [0, 0.05) is 42.8 Å². The molecule has 1 atom stereocenters. The van der Waals surface area contributed by atoms with Crippen molar-refractivity contribution in [1.82, 2.24) is 10.3 Å². The van der Waals surface area contributed by atoms with E-state index in [1.54, 1.807) is 12.1 Å². The molecule has 0 spiro atoms. The van der Waals surface area contributed by atoms with Crippen LogP contribution in [0.2, 0.25) is 10.0 Å². The van der Waals surface area contributed by atoms with Gasteiger partial charge in [-0.3, -0.25) is 4.98 Å². The molecule has 6 N–H and O–H groups in total. The Kier molecular flexibility index (Phi) is 14.3. The van der Waals surface area contributed by atoms with Crippen LogP contribution < -0.4 is 11.1 Å². The molecule has 9 nitrogen and oxygen atoms in total. The lowest BCUT2D eigenvalue weighted by molar-refractivity contribution is -0.134.